The number of rotatable bonds is 10. The van der Waals surface area contributed by atoms with Gasteiger partial charge in [0.25, 0.3) is 0 Å². The Bertz CT molecular complexity index is 2340. The molecule has 0 amide bonds. The molecule has 0 saturated carbocycles. The van der Waals surface area contributed by atoms with Gasteiger partial charge in [-0.2, -0.15) is 0 Å². The fourth-order valence-corrected chi connectivity index (χ4v) is 7.64. The molecule has 268 valence electrons. The van der Waals surface area contributed by atoms with Gasteiger partial charge in [0.2, 0.25) is 0 Å². The van der Waals surface area contributed by atoms with Crippen molar-refractivity contribution in [2.45, 2.75) is 46.1 Å². The average molecular weight is 703 g/mol. The van der Waals surface area contributed by atoms with Crippen LogP contribution in [0.15, 0.2) is 205 Å². The first-order valence-electron chi connectivity index (χ1n) is 18.7. The number of benzene rings is 2. The van der Waals surface area contributed by atoms with Crippen molar-refractivity contribution < 1.29 is 0 Å². The fourth-order valence-electron chi connectivity index (χ4n) is 7.64. The summed E-state index contributed by atoms with van der Waals surface area (Å²) >= 11 is 0. The lowest BCUT2D eigenvalue weighted by Gasteiger charge is -2.35. The molecule has 54 heavy (non-hydrogen) atoms. The van der Waals surface area contributed by atoms with Gasteiger partial charge in [-0.1, -0.05) is 147 Å². The van der Waals surface area contributed by atoms with Crippen LogP contribution in [-0.4, -0.2) is 15.5 Å². The summed E-state index contributed by atoms with van der Waals surface area (Å²) in [5, 5.41) is 1.22. The molecular formula is C52H50N2. The van der Waals surface area contributed by atoms with Crippen LogP contribution in [0.25, 0.3) is 28.2 Å². The van der Waals surface area contributed by atoms with Crippen molar-refractivity contribution in [2.75, 3.05) is 0 Å². The number of para-hydroxylation sites is 1. The van der Waals surface area contributed by atoms with Crippen molar-refractivity contribution in [3.8, 4) is 12.3 Å². The zero-order valence-corrected chi connectivity index (χ0v) is 31.9. The minimum atomic E-state index is 0.131. The summed E-state index contributed by atoms with van der Waals surface area (Å²) < 4.78 is 2.30. The summed E-state index contributed by atoms with van der Waals surface area (Å²) in [7, 11) is 0. The van der Waals surface area contributed by atoms with E-state index < -0.39 is 0 Å². The number of hydrogen-bond donors (Lipinski definition) is 0. The van der Waals surface area contributed by atoms with E-state index in [0.29, 0.717) is 0 Å². The molecule has 0 bridgehead atoms. The molecule has 6 rings (SSSR count). The second kappa shape index (κ2) is 17.5. The van der Waals surface area contributed by atoms with Crippen molar-refractivity contribution in [1.29, 1.82) is 0 Å². The molecule has 2 nitrogen and oxygen atoms in total. The summed E-state index contributed by atoms with van der Waals surface area (Å²) in [5.74, 6) is 2.81. The third-order valence-corrected chi connectivity index (χ3v) is 10.4. The first-order chi connectivity index (χ1) is 26.3. The lowest BCUT2D eigenvalue weighted by Crippen LogP contribution is -2.32. The second-order valence-corrected chi connectivity index (χ2v) is 13.9. The highest BCUT2D eigenvalue weighted by Crippen LogP contribution is 2.39. The van der Waals surface area contributed by atoms with Gasteiger partial charge < -0.3 is 9.47 Å². The van der Waals surface area contributed by atoms with E-state index in [0.717, 1.165) is 47.6 Å². The van der Waals surface area contributed by atoms with E-state index in [1.807, 2.05) is 24.3 Å². The molecule has 2 aromatic carbocycles. The molecule has 2 heterocycles. The molecule has 2 aliphatic carbocycles. The average Bonchev–Trinajstić information content (AvgIpc) is 3.52. The molecule has 1 aliphatic heterocycles. The monoisotopic (exact) mass is 702 g/mol. The van der Waals surface area contributed by atoms with Gasteiger partial charge in [0.05, 0.1) is 17.3 Å². The van der Waals surface area contributed by atoms with Crippen molar-refractivity contribution in [2.24, 2.45) is 5.92 Å². The van der Waals surface area contributed by atoms with Gasteiger partial charge in [-0.05, 0) is 115 Å². The number of allylic oxidation sites excluding steroid dienone is 20. The lowest BCUT2D eigenvalue weighted by molar-refractivity contribution is 0.379. The highest BCUT2D eigenvalue weighted by molar-refractivity contribution is 5.91. The number of terminal acetylenes is 1. The molecule has 3 aliphatic rings. The zero-order chi connectivity index (χ0) is 38.0. The van der Waals surface area contributed by atoms with E-state index in [2.05, 4.69) is 183 Å². The minimum Gasteiger partial charge on any atom is -0.335 e. The number of fused-ring (bicyclic) bond motifs is 1. The van der Waals surface area contributed by atoms with Crippen molar-refractivity contribution in [3.63, 3.8) is 0 Å². The van der Waals surface area contributed by atoms with Crippen LogP contribution in [0.5, 0.6) is 0 Å². The molecular weight excluding hydrogens is 653 g/mol. The molecule has 0 spiro atoms. The van der Waals surface area contributed by atoms with E-state index in [1.165, 1.54) is 44.4 Å². The summed E-state index contributed by atoms with van der Waals surface area (Å²) in [4.78, 5) is 2.36. The van der Waals surface area contributed by atoms with Gasteiger partial charge in [0.15, 0.2) is 0 Å². The Labute approximate surface area is 323 Å². The van der Waals surface area contributed by atoms with Gasteiger partial charge in [-0.25, -0.2) is 0 Å². The Hall–Kier alpha value is -6.30. The largest absolute Gasteiger partial charge is 0.335 e. The molecule has 1 aromatic heterocycles. The number of aryl methyl sites for hydroxylation is 1. The minimum absolute atomic E-state index is 0.131. The standard InChI is InChI=1S/C52H50N2/c1-8-11-26-50-38(4)21-15-13-16-22-39(5)53(50)48-33-31-44(32-34-48)47-36-45(35-46(37-47)43-23-17-14-18-24-43)42(10-3)30-29-40(6)54-51(27-12-9-2)41(7)49-25-19-20-28-52(49)54/h2,8,10-20,22-33,36-37,45,48H,1,3,5,21,34-35H2,4,6-7H3/b15-13-,22-16-,26-11-,27-12-,40-29+,42-30+,50-38-. The molecule has 0 N–H and O–H groups in total. The van der Waals surface area contributed by atoms with Gasteiger partial charge in [-0.15, -0.1) is 6.42 Å². The molecule has 2 atom stereocenters. The fraction of sp³-hybridized carbons (Fsp3) is 0.154. The maximum absolute atomic E-state index is 5.64. The molecule has 3 aromatic rings. The van der Waals surface area contributed by atoms with Crippen LogP contribution >= 0.6 is 0 Å². The highest BCUT2D eigenvalue weighted by atomic mass is 15.2. The summed E-state index contributed by atoms with van der Waals surface area (Å²) in [6, 6.07) is 19.4. The molecule has 0 saturated heterocycles. The first kappa shape index (κ1) is 37.5. The predicted octanol–water partition coefficient (Wildman–Crippen LogP) is 13.2. The Morgan fingerprint density at radius 1 is 0.944 bits per heavy atom. The summed E-state index contributed by atoms with van der Waals surface area (Å²) in [6.45, 7) is 19.2. The SMILES string of the molecule is C#C/C=C\c1c(C)c2ccccc2n1/C(C)=C/C=C(\C=C)C1C=C(C2=CCC(N3C(=C)/C=C\C=C/C/C(C)=C3/C=C\C=C)C=C2)C=C(c2ccccc2)C1. The highest BCUT2D eigenvalue weighted by Gasteiger charge is 2.25. The smallest absolute Gasteiger partial charge is 0.0560 e. The number of hydrogen-bond acceptors (Lipinski definition) is 1. The van der Waals surface area contributed by atoms with Crippen LogP contribution in [-0.2, 0) is 0 Å². The van der Waals surface area contributed by atoms with Crippen molar-refractivity contribution >= 4 is 28.2 Å². The quantitative estimate of drug-likeness (QED) is 0.151. The first-order valence-corrected chi connectivity index (χ1v) is 18.7. The van der Waals surface area contributed by atoms with Crippen LogP contribution < -0.4 is 0 Å². The topological polar surface area (TPSA) is 8.17 Å². The van der Waals surface area contributed by atoms with Gasteiger partial charge >= 0.3 is 0 Å². The third-order valence-electron chi connectivity index (χ3n) is 10.4. The van der Waals surface area contributed by atoms with E-state index in [1.54, 1.807) is 6.08 Å². The van der Waals surface area contributed by atoms with E-state index >= 15 is 0 Å². The maximum Gasteiger partial charge on any atom is 0.0560 e. The van der Waals surface area contributed by atoms with Crippen LogP contribution in [0.1, 0.15) is 49.9 Å². The zero-order valence-electron chi connectivity index (χ0n) is 31.9. The van der Waals surface area contributed by atoms with Gasteiger partial charge in [-0.3, -0.25) is 0 Å². The normalized spacial score (nSPS) is 22.3. The Morgan fingerprint density at radius 2 is 1.74 bits per heavy atom. The van der Waals surface area contributed by atoms with Crippen molar-refractivity contribution in [3.05, 3.63) is 222 Å². The Kier molecular flexibility index (Phi) is 12.1. The van der Waals surface area contributed by atoms with E-state index in [9.17, 15) is 0 Å². The maximum atomic E-state index is 5.64. The predicted molar refractivity (Wildman–Crippen MR) is 235 cm³/mol. The van der Waals surface area contributed by atoms with Crippen molar-refractivity contribution in [1.82, 2.24) is 9.47 Å². The molecule has 2 heteroatoms. The van der Waals surface area contributed by atoms with Crippen LogP contribution in [0.3, 0.4) is 0 Å². The van der Waals surface area contributed by atoms with E-state index in [-0.39, 0.29) is 12.0 Å². The second-order valence-electron chi connectivity index (χ2n) is 13.9. The van der Waals surface area contributed by atoms with E-state index in [4.69, 9.17) is 6.42 Å². The van der Waals surface area contributed by atoms with Crippen LogP contribution in [0, 0.1) is 25.2 Å². The van der Waals surface area contributed by atoms with Gasteiger partial charge in [0.1, 0.15) is 0 Å². The summed E-state index contributed by atoms with van der Waals surface area (Å²) in [6.07, 6.45) is 44.8. The Balaban J connectivity index is 1.36. The number of aromatic nitrogens is 1. The van der Waals surface area contributed by atoms with Crippen LogP contribution in [0.2, 0.25) is 0 Å². The number of nitrogens with zero attached hydrogens (tertiary/aromatic N) is 2. The van der Waals surface area contributed by atoms with Gasteiger partial charge in [0, 0.05) is 28.4 Å². The molecule has 0 fully saturated rings. The summed E-state index contributed by atoms with van der Waals surface area (Å²) in [5.41, 5.74) is 14.2. The molecule has 2 unspecified atom stereocenters. The lowest BCUT2D eigenvalue weighted by atomic mass is 9.80. The van der Waals surface area contributed by atoms with Crippen LogP contribution in [0.4, 0.5) is 0 Å². The third kappa shape index (κ3) is 8.17. The molecule has 0 radical (unpaired) electrons. The Morgan fingerprint density at radius 3 is 2.48 bits per heavy atom.